The first-order valence-electron chi connectivity index (χ1n) is 9.49. The highest BCUT2D eigenvalue weighted by Gasteiger charge is 2.29. The molecule has 7 heteroatoms. The first kappa shape index (κ1) is 19.1. The van der Waals surface area contributed by atoms with Gasteiger partial charge in [-0.3, -0.25) is 15.2 Å². The standard InChI is InChI=1S/C19H31N5O2/c1-4-24-11-17(14-25-24)20-10-15(2)19(26-18-12-23(3)13-18)22-21-16-8-6-5-7-9-16/h5-9,15,17-18,20-21H,4,10-14H2,1-3H3/b22-19+/t15?,17-/m1/s1. The summed E-state index contributed by atoms with van der Waals surface area (Å²) in [6.45, 7) is 9.53. The lowest BCUT2D eigenvalue weighted by Crippen LogP contribution is -2.51. The second kappa shape index (κ2) is 9.32. The molecular formula is C19H31N5O2. The molecule has 0 aliphatic carbocycles. The van der Waals surface area contributed by atoms with Gasteiger partial charge in [-0.1, -0.05) is 32.0 Å². The topological polar surface area (TPSA) is 61.4 Å². The number of hydrazone groups is 1. The highest BCUT2D eigenvalue weighted by molar-refractivity contribution is 5.79. The smallest absolute Gasteiger partial charge is 0.210 e. The van der Waals surface area contributed by atoms with Gasteiger partial charge >= 0.3 is 0 Å². The minimum Gasteiger partial charge on any atom is -0.473 e. The van der Waals surface area contributed by atoms with E-state index in [0.717, 1.165) is 50.9 Å². The van der Waals surface area contributed by atoms with E-state index in [9.17, 15) is 0 Å². The van der Waals surface area contributed by atoms with Gasteiger partial charge < -0.3 is 10.1 Å². The van der Waals surface area contributed by atoms with E-state index in [0.29, 0.717) is 6.04 Å². The van der Waals surface area contributed by atoms with Crippen molar-refractivity contribution in [2.75, 3.05) is 51.8 Å². The van der Waals surface area contributed by atoms with Gasteiger partial charge in [-0.15, -0.1) is 5.10 Å². The lowest BCUT2D eigenvalue weighted by molar-refractivity contribution is -0.105. The molecule has 0 aromatic heterocycles. The van der Waals surface area contributed by atoms with E-state index in [1.165, 1.54) is 0 Å². The van der Waals surface area contributed by atoms with Crippen LogP contribution in [0.25, 0.3) is 0 Å². The molecule has 2 aliphatic rings. The van der Waals surface area contributed by atoms with Crippen molar-refractivity contribution in [1.82, 2.24) is 15.3 Å². The monoisotopic (exact) mass is 361 g/mol. The minimum absolute atomic E-state index is 0.174. The first-order chi connectivity index (χ1) is 12.6. The second-order valence-electron chi connectivity index (χ2n) is 7.17. The van der Waals surface area contributed by atoms with Gasteiger partial charge in [0.15, 0.2) is 0 Å². The van der Waals surface area contributed by atoms with Gasteiger partial charge in [0, 0.05) is 44.7 Å². The van der Waals surface area contributed by atoms with Gasteiger partial charge in [0.1, 0.15) is 6.10 Å². The fourth-order valence-electron chi connectivity index (χ4n) is 3.09. The number of anilines is 1. The molecule has 0 radical (unpaired) electrons. The van der Waals surface area contributed by atoms with E-state index in [1.54, 1.807) is 0 Å². The number of hydrogen-bond donors (Lipinski definition) is 2. The zero-order valence-corrected chi connectivity index (χ0v) is 16.0. The van der Waals surface area contributed by atoms with Gasteiger partial charge in [-0.2, -0.15) is 5.06 Å². The van der Waals surface area contributed by atoms with Crippen molar-refractivity contribution < 1.29 is 9.57 Å². The Morgan fingerprint density at radius 3 is 2.73 bits per heavy atom. The summed E-state index contributed by atoms with van der Waals surface area (Å²) in [7, 11) is 2.10. The molecule has 0 bridgehead atoms. The SMILES string of the molecule is CCN1C[C@@H](NCC(C)/C(=N\Nc2ccccc2)OC2CN(C)C2)CO1. The number of para-hydroxylation sites is 1. The van der Waals surface area contributed by atoms with Crippen LogP contribution in [-0.4, -0.2) is 74.4 Å². The molecule has 1 aromatic rings. The zero-order valence-electron chi connectivity index (χ0n) is 16.0. The summed E-state index contributed by atoms with van der Waals surface area (Å²) in [6, 6.07) is 10.3. The average Bonchev–Trinajstić information content (AvgIpc) is 3.10. The number of nitrogens with one attached hydrogen (secondary N) is 2. The fourth-order valence-corrected chi connectivity index (χ4v) is 3.09. The Bertz CT molecular complexity index is 577. The number of hydroxylamine groups is 2. The summed E-state index contributed by atoms with van der Waals surface area (Å²) in [4.78, 5) is 7.85. The van der Waals surface area contributed by atoms with Crippen molar-refractivity contribution in [2.24, 2.45) is 11.0 Å². The number of likely N-dealkylation sites (tertiary alicyclic amines) is 1. The lowest BCUT2D eigenvalue weighted by atomic mass is 10.1. The van der Waals surface area contributed by atoms with Gasteiger partial charge in [0.25, 0.3) is 0 Å². The third-order valence-electron chi connectivity index (χ3n) is 4.76. The van der Waals surface area contributed by atoms with E-state index in [1.807, 2.05) is 35.4 Å². The summed E-state index contributed by atoms with van der Waals surface area (Å²) in [5.74, 6) is 0.929. The first-order valence-corrected chi connectivity index (χ1v) is 9.49. The van der Waals surface area contributed by atoms with Crippen LogP contribution in [-0.2, 0) is 9.57 Å². The van der Waals surface area contributed by atoms with Crippen LogP contribution in [0, 0.1) is 5.92 Å². The predicted molar refractivity (Wildman–Crippen MR) is 104 cm³/mol. The van der Waals surface area contributed by atoms with Crippen molar-refractivity contribution in [3.8, 4) is 0 Å². The molecule has 2 heterocycles. The van der Waals surface area contributed by atoms with Crippen molar-refractivity contribution in [2.45, 2.75) is 26.0 Å². The molecule has 2 saturated heterocycles. The van der Waals surface area contributed by atoms with Crippen LogP contribution >= 0.6 is 0 Å². The minimum atomic E-state index is 0.174. The highest BCUT2D eigenvalue weighted by atomic mass is 16.7. The third-order valence-corrected chi connectivity index (χ3v) is 4.76. The number of likely N-dealkylation sites (N-methyl/N-ethyl adjacent to an activating group) is 2. The molecule has 26 heavy (non-hydrogen) atoms. The maximum Gasteiger partial charge on any atom is 0.210 e. The van der Waals surface area contributed by atoms with Gasteiger partial charge in [0.2, 0.25) is 5.90 Å². The summed E-state index contributed by atoms with van der Waals surface area (Å²) in [5, 5.41) is 10.1. The zero-order chi connectivity index (χ0) is 18.4. The summed E-state index contributed by atoms with van der Waals surface area (Å²) >= 11 is 0. The van der Waals surface area contributed by atoms with Crippen LogP contribution in [0.4, 0.5) is 5.69 Å². The Hall–Kier alpha value is -1.67. The van der Waals surface area contributed by atoms with E-state index in [-0.39, 0.29) is 12.0 Å². The van der Waals surface area contributed by atoms with Crippen LogP contribution in [0.5, 0.6) is 0 Å². The van der Waals surface area contributed by atoms with Crippen molar-refractivity contribution in [3.05, 3.63) is 30.3 Å². The van der Waals surface area contributed by atoms with Crippen molar-refractivity contribution in [1.29, 1.82) is 0 Å². The molecule has 2 fully saturated rings. The van der Waals surface area contributed by atoms with Crippen molar-refractivity contribution >= 4 is 11.6 Å². The lowest BCUT2D eigenvalue weighted by Gasteiger charge is -2.37. The Labute approximate surface area is 156 Å². The molecule has 144 valence electrons. The third kappa shape index (κ3) is 5.41. The van der Waals surface area contributed by atoms with Crippen LogP contribution < -0.4 is 10.7 Å². The summed E-state index contributed by atoms with van der Waals surface area (Å²) in [5.41, 5.74) is 4.08. The van der Waals surface area contributed by atoms with Crippen LogP contribution in [0.1, 0.15) is 13.8 Å². The number of hydrogen-bond acceptors (Lipinski definition) is 7. The molecule has 2 N–H and O–H groups in total. The average molecular weight is 361 g/mol. The molecular weight excluding hydrogens is 330 g/mol. The van der Waals surface area contributed by atoms with Crippen LogP contribution in [0.3, 0.4) is 0 Å². The second-order valence-corrected chi connectivity index (χ2v) is 7.17. The largest absolute Gasteiger partial charge is 0.473 e. The van der Waals surface area contributed by atoms with Crippen LogP contribution in [0.2, 0.25) is 0 Å². The predicted octanol–water partition coefficient (Wildman–Crippen LogP) is 1.60. The molecule has 2 aliphatic heterocycles. The van der Waals surface area contributed by atoms with E-state index < -0.39 is 0 Å². The van der Waals surface area contributed by atoms with Crippen LogP contribution in [0.15, 0.2) is 35.4 Å². The number of nitrogens with zero attached hydrogens (tertiary/aromatic N) is 3. The normalized spacial score (nSPS) is 23.7. The van der Waals surface area contributed by atoms with Gasteiger partial charge in [0.05, 0.1) is 12.3 Å². The molecule has 0 spiro atoms. The quantitative estimate of drug-likeness (QED) is 0.417. The molecule has 7 nitrogen and oxygen atoms in total. The summed E-state index contributed by atoms with van der Waals surface area (Å²) in [6.07, 6.45) is 0.226. The molecule has 2 atom stereocenters. The Kier molecular flexibility index (Phi) is 6.85. The number of benzene rings is 1. The molecule has 0 saturated carbocycles. The van der Waals surface area contributed by atoms with E-state index in [4.69, 9.17) is 9.57 Å². The van der Waals surface area contributed by atoms with Gasteiger partial charge in [-0.05, 0) is 19.2 Å². The van der Waals surface area contributed by atoms with E-state index in [2.05, 4.69) is 41.6 Å². The Morgan fingerprint density at radius 2 is 2.08 bits per heavy atom. The van der Waals surface area contributed by atoms with Crippen molar-refractivity contribution in [3.63, 3.8) is 0 Å². The Balaban J connectivity index is 1.54. The van der Waals surface area contributed by atoms with E-state index >= 15 is 0 Å². The number of rotatable bonds is 8. The number of ether oxygens (including phenoxy) is 1. The molecule has 1 unspecified atom stereocenters. The highest BCUT2D eigenvalue weighted by Crippen LogP contribution is 2.14. The van der Waals surface area contributed by atoms with Gasteiger partial charge in [-0.25, -0.2) is 0 Å². The molecule has 0 amide bonds. The summed E-state index contributed by atoms with van der Waals surface area (Å²) < 4.78 is 6.16. The Morgan fingerprint density at radius 1 is 1.31 bits per heavy atom. The fraction of sp³-hybridized carbons (Fsp3) is 0.632. The molecule has 1 aromatic carbocycles. The maximum atomic E-state index is 6.16. The maximum absolute atomic E-state index is 6.16. The molecule has 3 rings (SSSR count).